The predicted octanol–water partition coefficient (Wildman–Crippen LogP) is 4.51. The Labute approximate surface area is 145 Å². The highest BCUT2D eigenvalue weighted by atomic mass is 28.4. The summed E-state index contributed by atoms with van der Waals surface area (Å²) in [5, 5.41) is 10.2. The summed E-state index contributed by atoms with van der Waals surface area (Å²) >= 11 is 0. The topological polar surface area (TPSA) is 47.9 Å². The van der Waals surface area contributed by atoms with Gasteiger partial charge in [-0.25, -0.2) is 0 Å². The fourth-order valence-electron chi connectivity index (χ4n) is 2.03. The van der Waals surface area contributed by atoms with Crippen LogP contribution >= 0.6 is 0 Å². The van der Waals surface area contributed by atoms with E-state index in [2.05, 4.69) is 67.7 Å². The molecule has 0 spiro atoms. The minimum absolute atomic E-state index is 0.0735. The largest absolute Gasteiger partial charge is 0.414 e. The van der Waals surface area contributed by atoms with Crippen molar-refractivity contribution < 1.29 is 18.7 Å². The standard InChI is InChI=1S/C17H38O4Si2/c1-16(2,3)22(7,8)19-12-14-13(11-15(18)20-14)21-23(9,10)17(4,5)6/h13-15,18H,11-12H2,1-10H3/t13-,14+,15+/m0/s1. The van der Waals surface area contributed by atoms with Crippen molar-refractivity contribution in [1.82, 2.24) is 0 Å². The zero-order chi connectivity index (χ0) is 18.3. The summed E-state index contributed by atoms with van der Waals surface area (Å²) in [6, 6.07) is 0. The molecule has 1 aliphatic rings. The molecule has 6 heteroatoms. The number of hydrogen-bond acceptors (Lipinski definition) is 4. The van der Waals surface area contributed by atoms with Crippen molar-refractivity contribution in [3.8, 4) is 0 Å². The molecule has 0 aromatic carbocycles. The summed E-state index contributed by atoms with van der Waals surface area (Å²) in [6.45, 7) is 22.8. The van der Waals surface area contributed by atoms with Crippen LogP contribution in [0, 0.1) is 0 Å². The van der Waals surface area contributed by atoms with Crippen LogP contribution in [-0.4, -0.2) is 46.8 Å². The van der Waals surface area contributed by atoms with Gasteiger partial charge in [0.1, 0.15) is 6.10 Å². The first kappa shape index (κ1) is 21.3. The first-order valence-corrected chi connectivity index (χ1v) is 14.5. The normalized spacial score (nSPS) is 27.5. The Balaban J connectivity index is 2.74. The third-order valence-electron chi connectivity index (χ3n) is 5.85. The Morgan fingerprint density at radius 2 is 1.43 bits per heavy atom. The first-order chi connectivity index (χ1) is 10.1. The highest BCUT2D eigenvalue weighted by molar-refractivity contribution is 6.74. The van der Waals surface area contributed by atoms with E-state index in [1.165, 1.54) is 0 Å². The van der Waals surface area contributed by atoms with Crippen LogP contribution in [0.5, 0.6) is 0 Å². The first-order valence-electron chi connectivity index (χ1n) is 8.72. The molecule has 3 atom stereocenters. The second-order valence-electron chi connectivity index (χ2n) is 9.85. The molecule has 0 aliphatic carbocycles. The lowest BCUT2D eigenvalue weighted by Gasteiger charge is -2.40. The van der Waals surface area contributed by atoms with E-state index in [0.29, 0.717) is 13.0 Å². The van der Waals surface area contributed by atoms with E-state index in [-0.39, 0.29) is 22.3 Å². The summed E-state index contributed by atoms with van der Waals surface area (Å²) in [4.78, 5) is 0. The Hall–Kier alpha value is 0.274. The highest BCUT2D eigenvalue weighted by Gasteiger charge is 2.45. The van der Waals surface area contributed by atoms with Crippen molar-refractivity contribution in [1.29, 1.82) is 0 Å². The number of hydrogen-bond donors (Lipinski definition) is 1. The summed E-state index contributed by atoms with van der Waals surface area (Å²) in [7, 11) is -3.71. The lowest BCUT2D eigenvalue weighted by molar-refractivity contribution is -0.105. The molecule has 0 radical (unpaired) electrons. The molecule has 0 bridgehead atoms. The summed E-state index contributed by atoms with van der Waals surface area (Å²) < 4.78 is 18.5. The molecule has 0 aromatic heterocycles. The van der Waals surface area contributed by atoms with Crippen LogP contribution in [0.3, 0.4) is 0 Å². The van der Waals surface area contributed by atoms with E-state index >= 15 is 0 Å². The van der Waals surface area contributed by atoms with Crippen molar-refractivity contribution >= 4 is 16.6 Å². The van der Waals surface area contributed by atoms with Crippen LogP contribution in [-0.2, 0) is 13.6 Å². The lowest BCUT2D eigenvalue weighted by atomic mass is 10.2. The lowest BCUT2D eigenvalue weighted by Crippen LogP contribution is -2.48. The average Bonchev–Trinajstić information content (AvgIpc) is 2.63. The number of rotatable bonds is 5. The monoisotopic (exact) mass is 362 g/mol. The van der Waals surface area contributed by atoms with Crippen molar-refractivity contribution in [3.63, 3.8) is 0 Å². The molecule has 1 aliphatic heterocycles. The van der Waals surface area contributed by atoms with Crippen molar-refractivity contribution in [3.05, 3.63) is 0 Å². The van der Waals surface area contributed by atoms with E-state index in [1.54, 1.807) is 0 Å². The van der Waals surface area contributed by atoms with Crippen LogP contribution in [0.1, 0.15) is 48.0 Å². The molecule has 4 nitrogen and oxygen atoms in total. The van der Waals surface area contributed by atoms with Gasteiger partial charge in [-0.3, -0.25) is 0 Å². The zero-order valence-electron chi connectivity index (χ0n) is 16.8. The Morgan fingerprint density at radius 3 is 1.87 bits per heavy atom. The van der Waals surface area contributed by atoms with Gasteiger partial charge >= 0.3 is 0 Å². The van der Waals surface area contributed by atoms with Crippen LogP contribution in [0.15, 0.2) is 0 Å². The summed E-state index contributed by atoms with van der Waals surface area (Å²) in [6.07, 6.45) is -0.445. The van der Waals surface area contributed by atoms with Crippen molar-refractivity contribution in [2.75, 3.05) is 6.61 Å². The zero-order valence-corrected chi connectivity index (χ0v) is 18.8. The van der Waals surface area contributed by atoms with Crippen LogP contribution in [0.4, 0.5) is 0 Å². The van der Waals surface area contributed by atoms with Gasteiger partial charge in [-0.2, -0.15) is 0 Å². The Bertz CT molecular complexity index is 396. The number of aliphatic hydroxyl groups is 1. The van der Waals surface area contributed by atoms with Gasteiger partial charge in [0.25, 0.3) is 0 Å². The minimum atomic E-state index is -1.89. The highest BCUT2D eigenvalue weighted by Crippen LogP contribution is 2.40. The van der Waals surface area contributed by atoms with E-state index in [1.807, 2.05) is 0 Å². The molecular formula is C17H38O4Si2. The SMILES string of the molecule is CC(C)(C)[Si](C)(C)OC[C@H]1O[C@@H](O)C[C@@H]1O[Si](C)(C)C(C)(C)C. The smallest absolute Gasteiger partial charge is 0.192 e. The van der Waals surface area contributed by atoms with Gasteiger partial charge in [0.15, 0.2) is 22.9 Å². The van der Waals surface area contributed by atoms with Crippen LogP contribution in [0.25, 0.3) is 0 Å². The fourth-order valence-corrected chi connectivity index (χ4v) is 4.40. The third kappa shape index (κ3) is 5.37. The van der Waals surface area contributed by atoms with E-state index in [4.69, 9.17) is 13.6 Å². The van der Waals surface area contributed by atoms with Crippen LogP contribution < -0.4 is 0 Å². The molecule has 1 fully saturated rings. The Morgan fingerprint density at radius 1 is 0.957 bits per heavy atom. The summed E-state index contributed by atoms with van der Waals surface area (Å²) in [5.74, 6) is 0. The molecule has 1 N–H and O–H groups in total. The molecular weight excluding hydrogens is 324 g/mol. The van der Waals surface area contributed by atoms with Crippen molar-refractivity contribution in [2.45, 2.75) is 103 Å². The molecule has 1 heterocycles. The van der Waals surface area contributed by atoms with Gasteiger partial charge in [-0.1, -0.05) is 41.5 Å². The second-order valence-corrected chi connectivity index (χ2v) is 19.4. The molecule has 0 aromatic rings. The predicted molar refractivity (Wildman–Crippen MR) is 101 cm³/mol. The Kier molecular flexibility index (Phi) is 6.38. The maximum absolute atomic E-state index is 9.93. The van der Waals surface area contributed by atoms with Gasteiger partial charge in [0.05, 0.1) is 12.7 Å². The quantitative estimate of drug-likeness (QED) is 0.731. The molecule has 1 rings (SSSR count). The average molecular weight is 363 g/mol. The molecule has 138 valence electrons. The maximum Gasteiger partial charge on any atom is 0.192 e. The van der Waals surface area contributed by atoms with E-state index < -0.39 is 22.9 Å². The molecule has 1 saturated heterocycles. The van der Waals surface area contributed by atoms with E-state index in [9.17, 15) is 5.11 Å². The molecule has 0 saturated carbocycles. The minimum Gasteiger partial charge on any atom is -0.414 e. The molecule has 0 amide bonds. The van der Waals surface area contributed by atoms with Gasteiger partial charge in [0, 0.05) is 6.42 Å². The maximum atomic E-state index is 9.93. The second kappa shape index (κ2) is 6.88. The van der Waals surface area contributed by atoms with Gasteiger partial charge in [-0.05, 0) is 36.3 Å². The van der Waals surface area contributed by atoms with Gasteiger partial charge in [0.2, 0.25) is 0 Å². The number of ether oxygens (including phenoxy) is 1. The van der Waals surface area contributed by atoms with Gasteiger partial charge < -0.3 is 18.7 Å². The molecule has 0 unspecified atom stereocenters. The van der Waals surface area contributed by atoms with Crippen LogP contribution in [0.2, 0.25) is 36.3 Å². The molecule has 23 heavy (non-hydrogen) atoms. The van der Waals surface area contributed by atoms with E-state index in [0.717, 1.165) is 0 Å². The summed E-state index contributed by atoms with van der Waals surface area (Å²) in [5.41, 5.74) is 0. The fraction of sp³-hybridized carbons (Fsp3) is 1.00. The third-order valence-corrected chi connectivity index (χ3v) is 14.9. The number of aliphatic hydroxyl groups excluding tert-OH is 1. The van der Waals surface area contributed by atoms with Crippen molar-refractivity contribution in [2.24, 2.45) is 0 Å². The van der Waals surface area contributed by atoms with Gasteiger partial charge in [-0.15, -0.1) is 0 Å².